The van der Waals surface area contributed by atoms with E-state index < -0.39 is 0 Å². The van der Waals surface area contributed by atoms with E-state index in [1.165, 1.54) is 29.8 Å². The number of hydrogen-bond donors (Lipinski definition) is 1. The third-order valence-corrected chi connectivity index (χ3v) is 5.06. The summed E-state index contributed by atoms with van der Waals surface area (Å²) in [7, 11) is 0. The van der Waals surface area contributed by atoms with E-state index in [0.29, 0.717) is 6.04 Å². The molecule has 0 aliphatic heterocycles. The number of nitrogens with zero attached hydrogens (tertiary/aromatic N) is 2. The van der Waals surface area contributed by atoms with Crippen LogP contribution in [0.15, 0.2) is 10.9 Å². The van der Waals surface area contributed by atoms with E-state index in [1.807, 2.05) is 16.8 Å². The summed E-state index contributed by atoms with van der Waals surface area (Å²) >= 11 is 3.46. The van der Waals surface area contributed by atoms with Crippen LogP contribution in [-0.4, -0.2) is 16.5 Å². The van der Waals surface area contributed by atoms with Gasteiger partial charge < -0.3 is 5.32 Å². The molecule has 1 atom stereocenters. The van der Waals surface area contributed by atoms with Crippen molar-refractivity contribution in [1.29, 1.82) is 0 Å². The summed E-state index contributed by atoms with van der Waals surface area (Å²) in [5, 5.41) is 6.81. The van der Waals surface area contributed by atoms with Gasteiger partial charge in [0.15, 0.2) is 0 Å². The van der Waals surface area contributed by atoms with Crippen molar-refractivity contribution < 1.29 is 0 Å². The number of aryl methyl sites for hydroxylation is 1. The van der Waals surface area contributed by atoms with Crippen LogP contribution in [0.25, 0.3) is 10.7 Å². The van der Waals surface area contributed by atoms with Gasteiger partial charge in [0.05, 0.1) is 11.2 Å². The van der Waals surface area contributed by atoms with Crippen LogP contribution in [0.5, 0.6) is 0 Å². The quantitative estimate of drug-likeness (QED) is 0.928. The molecule has 1 unspecified atom stereocenters. The van der Waals surface area contributed by atoms with Gasteiger partial charge in [0, 0.05) is 16.3 Å². The lowest BCUT2D eigenvalue weighted by Gasteiger charge is -2.22. The molecule has 96 valence electrons. The molecule has 0 saturated heterocycles. The molecule has 1 aliphatic carbocycles. The molecule has 5 heteroatoms. The van der Waals surface area contributed by atoms with E-state index >= 15 is 0 Å². The Morgan fingerprint density at radius 3 is 3.22 bits per heavy atom. The third-order valence-electron chi connectivity index (χ3n) is 3.24. The lowest BCUT2D eigenvalue weighted by molar-refractivity contribution is 0.465. The highest BCUT2D eigenvalue weighted by molar-refractivity contribution is 7.15. The molecule has 0 aromatic carbocycles. The van der Waals surface area contributed by atoms with Crippen LogP contribution in [0.4, 0.5) is 0 Å². The van der Waals surface area contributed by atoms with Gasteiger partial charge in [0.25, 0.3) is 0 Å². The molecule has 0 saturated carbocycles. The fourth-order valence-corrected chi connectivity index (χ4v) is 4.16. The number of aromatic nitrogens is 2. The summed E-state index contributed by atoms with van der Waals surface area (Å²) in [6.45, 7) is 3.30. The Hall–Kier alpha value is -0.780. The summed E-state index contributed by atoms with van der Waals surface area (Å²) in [4.78, 5) is 10.6. The smallest absolute Gasteiger partial charge is 0.143 e. The normalized spacial score (nSPS) is 18.8. The fraction of sp³-hybridized carbons (Fsp3) is 0.538. The largest absolute Gasteiger partial charge is 0.309 e. The molecule has 0 spiro atoms. The number of thiazole rings is 2. The molecule has 2 aromatic rings. The van der Waals surface area contributed by atoms with Gasteiger partial charge in [-0.1, -0.05) is 6.92 Å². The first kappa shape index (κ1) is 12.3. The molecule has 1 aliphatic rings. The van der Waals surface area contributed by atoms with Gasteiger partial charge in [0.1, 0.15) is 10.7 Å². The first-order valence-electron chi connectivity index (χ1n) is 6.50. The van der Waals surface area contributed by atoms with Crippen molar-refractivity contribution in [1.82, 2.24) is 15.3 Å². The Morgan fingerprint density at radius 2 is 2.44 bits per heavy atom. The summed E-state index contributed by atoms with van der Waals surface area (Å²) in [5.41, 5.74) is 4.21. The molecule has 18 heavy (non-hydrogen) atoms. The minimum atomic E-state index is 0.513. The minimum absolute atomic E-state index is 0.513. The number of rotatable bonds is 4. The average molecular weight is 279 g/mol. The number of fused-ring (bicyclic) bond motifs is 1. The lowest BCUT2D eigenvalue weighted by Crippen LogP contribution is -2.24. The van der Waals surface area contributed by atoms with Crippen molar-refractivity contribution in [3.63, 3.8) is 0 Å². The maximum Gasteiger partial charge on any atom is 0.143 e. The first-order chi connectivity index (χ1) is 8.88. The predicted molar refractivity (Wildman–Crippen MR) is 77.2 cm³/mol. The first-order valence-corrected chi connectivity index (χ1v) is 8.26. The maximum absolute atomic E-state index is 4.77. The van der Waals surface area contributed by atoms with Gasteiger partial charge >= 0.3 is 0 Å². The van der Waals surface area contributed by atoms with Crippen molar-refractivity contribution >= 4 is 22.7 Å². The van der Waals surface area contributed by atoms with Gasteiger partial charge in [0.2, 0.25) is 0 Å². The van der Waals surface area contributed by atoms with Gasteiger partial charge in [-0.15, -0.1) is 22.7 Å². The molecular weight excluding hydrogens is 262 g/mol. The maximum atomic E-state index is 4.77. The van der Waals surface area contributed by atoms with E-state index in [2.05, 4.69) is 22.6 Å². The standard InChI is InChI=1S/C13H17N3S2/c1-2-6-14-9-4-3-5-10-12(9)18-13(16-10)11-7-17-8-15-11/h7-9,14H,2-6H2,1H3. The van der Waals surface area contributed by atoms with E-state index in [4.69, 9.17) is 4.98 Å². The van der Waals surface area contributed by atoms with Crippen LogP contribution in [0.2, 0.25) is 0 Å². The third kappa shape index (κ3) is 2.35. The average Bonchev–Trinajstić information content (AvgIpc) is 3.03. The second-order valence-electron chi connectivity index (χ2n) is 4.60. The summed E-state index contributed by atoms with van der Waals surface area (Å²) in [5.74, 6) is 0. The molecular formula is C13H17N3S2. The Labute approximate surface area is 115 Å². The van der Waals surface area contributed by atoms with Crippen LogP contribution < -0.4 is 5.32 Å². The highest BCUT2D eigenvalue weighted by Gasteiger charge is 2.24. The summed E-state index contributed by atoms with van der Waals surface area (Å²) in [6, 6.07) is 0.513. The highest BCUT2D eigenvalue weighted by atomic mass is 32.1. The topological polar surface area (TPSA) is 37.8 Å². The summed E-state index contributed by atoms with van der Waals surface area (Å²) < 4.78 is 0. The Morgan fingerprint density at radius 1 is 1.50 bits per heavy atom. The molecule has 1 N–H and O–H groups in total. The highest BCUT2D eigenvalue weighted by Crippen LogP contribution is 2.37. The van der Waals surface area contributed by atoms with Gasteiger partial charge in [-0.2, -0.15) is 0 Å². The van der Waals surface area contributed by atoms with Crippen molar-refractivity contribution in [2.24, 2.45) is 0 Å². The second kappa shape index (κ2) is 5.47. The van der Waals surface area contributed by atoms with Crippen molar-refractivity contribution in [2.75, 3.05) is 6.54 Å². The second-order valence-corrected chi connectivity index (χ2v) is 6.35. The zero-order chi connectivity index (χ0) is 12.4. The van der Waals surface area contributed by atoms with Gasteiger partial charge in [-0.05, 0) is 32.2 Å². The summed E-state index contributed by atoms with van der Waals surface area (Å²) in [6.07, 6.45) is 4.80. The Kier molecular flexibility index (Phi) is 3.72. The van der Waals surface area contributed by atoms with Crippen LogP contribution in [0.1, 0.15) is 42.8 Å². The van der Waals surface area contributed by atoms with Crippen LogP contribution in [-0.2, 0) is 6.42 Å². The molecule has 0 amide bonds. The van der Waals surface area contributed by atoms with E-state index in [0.717, 1.165) is 23.7 Å². The molecule has 0 radical (unpaired) electrons. The number of hydrogen-bond acceptors (Lipinski definition) is 5. The Bertz CT molecular complexity index is 504. The molecule has 2 heterocycles. The monoisotopic (exact) mass is 279 g/mol. The molecule has 3 rings (SSSR count). The zero-order valence-corrected chi connectivity index (χ0v) is 12.1. The van der Waals surface area contributed by atoms with E-state index in [9.17, 15) is 0 Å². The van der Waals surface area contributed by atoms with Gasteiger partial charge in [-0.25, -0.2) is 9.97 Å². The molecule has 0 bridgehead atoms. The fourth-order valence-electron chi connectivity index (χ4n) is 2.36. The number of nitrogens with one attached hydrogen (secondary N) is 1. The lowest BCUT2D eigenvalue weighted by atomic mass is 9.98. The zero-order valence-electron chi connectivity index (χ0n) is 10.5. The van der Waals surface area contributed by atoms with E-state index in [1.54, 1.807) is 11.3 Å². The minimum Gasteiger partial charge on any atom is -0.309 e. The van der Waals surface area contributed by atoms with Gasteiger partial charge in [-0.3, -0.25) is 0 Å². The molecule has 3 nitrogen and oxygen atoms in total. The van der Waals surface area contributed by atoms with Crippen molar-refractivity contribution in [3.05, 3.63) is 21.5 Å². The van der Waals surface area contributed by atoms with Crippen LogP contribution in [0.3, 0.4) is 0 Å². The van der Waals surface area contributed by atoms with Crippen LogP contribution in [0, 0.1) is 0 Å². The van der Waals surface area contributed by atoms with Crippen LogP contribution >= 0.6 is 22.7 Å². The predicted octanol–water partition coefficient (Wildman–Crippen LogP) is 3.64. The molecule has 2 aromatic heterocycles. The molecule has 0 fully saturated rings. The van der Waals surface area contributed by atoms with E-state index in [-0.39, 0.29) is 0 Å². The Balaban J connectivity index is 1.88. The van der Waals surface area contributed by atoms with Crippen molar-refractivity contribution in [2.45, 2.75) is 38.6 Å². The van der Waals surface area contributed by atoms with Crippen molar-refractivity contribution in [3.8, 4) is 10.7 Å². The SMILES string of the molecule is CCCNC1CCCc2nc(-c3cscn3)sc21.